The van der Waals surface area contributed by atoms with E-state index in [1.54, 1.807) is 11.8 Å². The minimum atomic E-state index is -3.19. The number of rotatable bonds is 6. The Labute approximate surface area is 174 Å². The van der Waals surface area contributed by atoms with Crippen molar-refractivity contribution in [2.24, 2.45) is 5.92 Å². The first-order chi connectivity index (χ1) is 13.2. The van der Waals surface area contributed by atoms with Crippen molar-refractivity contribution in [3.05, 3.63) is 34.9 Å². The van der Waals surface area contributed by atoms with Crippen molar-refractivity contribution >= 4 is 44.2 Å². The third-order valence-electron chi connectivity index (χ3n) is 4.79. The summed E-state index contributed by atoms with van der Waals surface area (Å²) in [5.41, 5.74) is 3.74. The van der Waals surface area contributed by atoms with Crippen LogP contribution in [0.4, 0.5) is 5.13 Å². The minimum Gasteiger partial charge on any atom is -0.300 e. The number of benzene rings is 1. The van der Waals surface area contributed by atoms with E-state index in [1.165, 1.54) is 38.6 Å². The van der Waals surface area contributed by atoms with Gasteiger partial charge in [-0.2, -0.15) is 0 Å². The van der Waals surface area contributed by atoms with Gasteiger partial charge >= 0.3 is 0 Å². The molecule has 0 atom stereocenters. The van der Waals surface area contributed by atoms with Crippen molar-refractivity contribution in [3.63, 3.8) is 0 Å². The fourth-order valence-electron chi connectivity index (χ4n) is 3.07. The average molecular weight is 441 g/mol. The summed E-state index contributed by atoms with van der Waals surface area (Å²) >= 11 is 2.96. The van der Waals surface area contributed by atoms with Crippen molar-refractivity contribution < 1.29 is 13.2 Å². The molecule has 152 valence electrons. The molecule has 0 unspecified atom stereocenters. The third-order valence-corrected chi connectivity index (χ3v) is 8.11. The summed E-state index contributed by atoms with van der Waals surface area (Å²) in [6, 6.07) is 6.39. The zero-order chi connectivity index (χ0) is 20.3. The SMILES string of the molecule is Cc1ccc(C)c(CSc2nnc(NC(=O)C3CCN(S(C)(=O)=O)CC3)s2)c1. The number of nitrogens with one attached hydrogen (secondary N) is 1. The summed E-state index contributed by atoms with van der Waals surface area (Å²) in [5.74, 6) is 0.489. The highest BCUT2D eigenvalue weighted by Gasteiger charge is 2.29. The van der Waals surface area contributed by atoms with Crippen LogP contribution in [0.25, 0.3) is 0 Å². The lowest BCUT2D eigenvalue weighted by Crippen LogP contribution is -2.40. The number of hydrogen-bond acceptors (Lipinski definition) is 7. The molecule has 1 aliphatic rings. The van der Waals surface area contributed by atoms with E-state index in [-0.39, 0.29) is 11.8 Å². The topological polar surface area (TPSA) is 92.3 Å². The fraction of sp³-hybridized carbons (Fsp3) is 0.500. The summed E-state index contributed by atoms with van der Waals surface area (Å²) in [5, 5.41) is 11.5. The summed E-state index contributed by atoms with van der Waals surface area (Å²) in [6.07, 6.45) is 2.24. The van der Waals surface area contributed by atoms with Gasteiger partial charge in [-0.05, 0) is 37.8 Å². The highest BCUT2D eigenvalue weighted by Crippen LogP contribution is 2.30. The van der Waals surface area contributed by atoms with Gasteiger partial charge in [-0.1, -0.05) is 46.9 Å². The predicted molar refractivity (Wildman–Crippen MR) is 113 cm³/mol. The molecule has 10 heteroatoms. The first-order valence-electron chi connectivity index (χ1n) is 9.01. The van der Waals surface area contributed by atoms with Gasteiger partial charge in [-0.3, -0.25) is 4.79 Å². The summed E-state index contributed by atoms with van der Waals surface area (Å²) in [6.45, 7) is 4.93. The van der Waals surface area contributed by atoms with Crippen molar-refractivity contribution in [2.75, 3.05) is 24.7 Å². The number of carbonyl (C=O) groups is 1. The number of thioether (sulfide) groups is 1. The van der Waals surface area contributed by atoms with E-state index in [2.05, 4.69) is 47.6 Å². The maximum atomic E-state index is 12.4. The van der Waals surface area contributed by atoms with E-state index in [9.17, 15) is 13.2 Å². The molecule has 0 radical (unpaired) electrons. The van der Waals surface area contributed by atoms with E-state index in [0.29, 0.717) is 31.1 Å². The Morgan fingerprint density at radius 1 is 1.29 bits per heavy atom. The molecule has 28 heavy (non-hydrogen) atoms. The first kappa shape index (κ1) is 21.2. The Bertz CT molecular complexity index is 951. The number of carbonyl (C=O) groups excluding carboxylic acids is 1. The standard InChI is InChI=1S/C18H24N4O3S3/c1-12-4-5-13(2)15(10-12)11-26-18-21-20-17(27-18)19-16(23)14-6-8-22(9-7-14)28(3,24)25/h4-5,10,14H,6-9,11H2,1-3H3,(H,19,20,23). The van der Waals surface area contributed by atoms with Crippen molar-refractivity contribution in [2.45, 2.75) is 36.8 Å². The number of piperidine rings is 1. The van der Waals surface area contributed by atoms with Crippen LogP contribution >= 0.6 is 23.1 Å². The van der Waals surface area contributed by atoms with Gasteiger partial charge in [0, 0.05) is 24.8 Å². The molecule has 1 fully saturated rings. The van der Waals surface area contributed by atoms with E-state index < -0.39 is 10.0 Å². The Kier molecular flexibility index (Phi) is 6.74. The third kappa shape index (κ3) is 5.53. The maximum Gasteiger partial charge on any atom is 0.229 e. The Morgan fingerprint density at radius 2 is 2.00 bits per heavy atom. The van der Waals surface area contributed by atoms with Crippen LogP contribution in [0, 0.1) is 19.8 Å². The van der Waals surface area contributed by atoms with Crippen LogP contribution in [0.15, 0.2) is 22.5 Å². The number of aromatic nitrogens is 2. The van der Waals surface area contributed by atoms with Gasteiger partial charge in [0.1, 0.15) is 0 Å². The number of anilines is 1. The predicted octanol–water partition coefficient (Wildman–Crippen LogP) is 3.06. The fourth-order valence-corrected chi connectivity index (χ4v) is 5.76. The Balaban J connectivity index is 1.52. The van der Waals surface area contributed by atoms with Crippen LogP contribution in [0.1, 0.15) is 29.5 Å². The van der Waals surface area contributed by atoms with Crippen LogP contribution in [0.5, 0.6) is 0 Å². The van der Waals surface area contributed by atoms with E-state index in [1.807, 2.05) is 0 Å². The molecule has 3 rings (SSSR count). The highest BCUT2D eigenvalue weighted by atomic mass is 32.2. The molecule has 1 aromatic carbocycles. The minimum absolute atomic E-state index is 0.115. The second-order valence-corrected chi connectivity index (χ2v) is 11.2. The molecule has 0 saturated carbocycles. The van der Waals surface area contributed by atoms with Gasteiger partial charge in [0.2, 0.25) is 21.1 Å². The lowest BCUT2D eigenvalue weighted by molar-refractivity contribution is -0.120. The maximum absolute atomic E-state index is 12.4. The summed E-state index contributed by atoms with van der Waals surface area (Å²) in [4.78, 5) is 12.4. The molecular formula is C18H24N4O3S3. The zero-order valence-electron chi connectivity index (χ0n) is 16.1. The van der Waals surface area contributed by atoms with Crippen molar-refractivity contribution in [1.29, 1.82) is 0 Å². The van der Waals surface area contributed by atoms with Crippen LogP contribution < -0.4 is 5.32 Å². The Morgan fingerprint density at radius 3 is 2.68 bits per heavy atom. The molecule has 1 N–H and O–H groups in total. The van der Waals surface area contributed by atoms with Crippen molar-refractivity contribution in [1.82, 2.24) is 14.5 Å². The van der Waals surface area contributed by atoms with Crippen LogP contribution in [-0.4, -0.2) is 48.2 Å². The van der Waals surface area contributed by atoms with Crippen LogP contribution in [0.3, 0.4) is 0 Å². The lowest BCUT2D eigenvalue weighted by atomic mass is 9.97. The second-order valence-electron chi connectivity index (χ2n) is 7.02. The molecule has 0 aliphatic carbocycles. The number of amides is 1. The molecule has 0 bridgehead atoms. The smallest absolute Gasteiger partial charge is 0.229 e. The molecule has 2 aromatic rings. The normalized spacial score (nSPS) is 16.2. The highest BCUT2D eigenvalue weighted by molar-refractivity contribution is 8.00. The van der Waals surface area contributed by atoms with Crippen LogP contribution in [0.2, 0.25) is 0 Å². The molecule has 1 aliphatic heterocycles. The lowest BCUT2D eigenvalue weighted by Gasteiger charge is -2.29. The van der Waals surface area contributed by atoms with Gasteiger partial charge in [-0.25, -0.2) is 12.7 Å². The molecule has 1 aromatic heterocycles. The molecule has 7 nitrogen and oxygen atoms in total. The number of nitrogens with zero attached hydrogens (tertiary/aromatic N) is 3. The molecular weight excluding hydrogens is 416 g/mol. The van der Waals surface area contributed by atoms with Gasteiger partial charge < -0.3 is 5.32 Å². The molecule has 1 amide bonds. The number of aryl methyl sites for hydroxylation is 2. The number of sulfonamides is 1. The monoisotopic (exact) mass is 440 g/mol. The van der Waals surface area contributed by atoms with E-state index in [4.69, 9.17) is 0 Å². The van der Waals surface area contributed by atoms with Gasteiger partial charge in [0.05, 0.1) is 6.26 Å². The zero-order valence-corrected chi connectivity index (χ0v) is 18.6. The number of hydrogen-bond donors (Lipinski definition) is 1. The molecule has 2 heterocycles. The Hall–Kier alpha value is -1.49. The van der Waals surface area contributed by atoms with E-state index in [0.717, 1.165) is 10.1 Å². The summed E-state index contributed by atoms with van der Waals surface area (Å²) in [7, 11) is -3.19. The quantitative estimate of drug-likeness (QED) is 0.548. The van der Waals surface area contributed by atoms with E-state index >= 15 is 0 Å². The van der Waals surface area contributed by atoms with Gasteiger partial charge in [0.15, 0.2) is 4.34 Å². The van der Waals surface area contributed by atoms with Crippen LogP contribution in [-0.2, 0) is 20.6 Å². The molecule has 0 spiro atoms. The second kappa shape index (κ2) is 8.89. The van der Waals surface area contributed by atoms with Crippen molar-refractivity contribution in [3.8, 4) is 0 Å². The first-order valence-corrected chi connectivity index (χ1v) is 12.7. The average Bonchev–Trinajstić information content (AvgIpc) is 3.09. The van der Waals surface area contributed by atoms with Gasteiger partial charge in [0.25, 0.3) is 0 Å². The largest absolute Gasteiger partial charge is 0.300 e. The molecule has 1 saturated heterocycles. The van der Waals surface area contributed by atoms with Gasteiger partial charge in [-0.15, -0.1) is 10.2 Å². The summed E-state index contributed by atoms with van der Waals surface area (Å²) < 4.78 is 25.4.